The van der Waals surface area contributed by atoms with E-state index in [2.05, 4.69) is 0 Å². The molecule has 1 amide bonds. The lowest BCUT2D eigenvalue weighted by Gasteiger charge is -2.22. The van der Waals surface area contributed by atoms with Crippen molar-refractivity contribution in [2.24, 2.45) is 5.92 Å². The zero-order valence-electron chi connectivity index (χ0n) is 8.66. The number of hydrogen-bond acceptors (Lipinski definition) is 2. The minimum absolute atomic E-state index is 0.153. The first kappa shape index (κ1) is 10.5. The van der Waals surface area contributed by atoms with E-state index >= 15 is 0 Å². The van der Waals surface area contributed by atoms with E-state index in [0.717, 1.165) is 13.0 Å². The van der Waals surface area contributed by atoms with Crippen molar-refractivity contribution in [1.82, 2.24) is 4.90 Å². The van der Waals surface area contributed by atoms with Gasteiger partial charge >= 0.3 is 0 Å². The molecule has 1 heterocycles. The summed E-state index contributed by atoms with van der Waals surface area (Å²) >= 11 is 0. The molecule has 3 nitrogen and oxygen atoms in total. The van der Waals surface area contributed by atoms with Crippen molar-refractivity contribution in [3.63, 3.8) is 0 Å². The first-order chi connectivity index (χ1) is 6.06. The Hall–Kier alpha value is -0.570. The van der Waals surface area contributed by atoms with Gasteiger partial charge in [-0.05, 0) is 20.3 Å². The number of rotatable bonds is 3. The van der Waals surface area contributed by atoms with E-state index in [1.807, 2.05) is 25.7 Å². The van der Waals surface area contributed by atoms with Gasteiger partial charge in [-0.1, -0.05) is 6.92 Å². The number of aliphatic hydroxyl groups is 1. The molecule has 1 rings (SSSR count). The molecule has 2 atom stereocenters. The molecule has 1 aliphatic heterocycles. The number of nitrogens with zero attached hydrogens (tertiary/aromatic N) is 1. The van der Waals surface area contributed by atoms with Crippen LogP contribution in [0.25, 0.3) is 0 Å². The Labute approximate surface area is 79.7 Å². The molecule has 1 saturated heterocycles. The maximum absolute atomic E-state index is 11.5. The summed E-state index contributed by atoms with van der Waals surface area (Å²) in [5.41, 5.74) is 0. The molecule has 0 bridgehead atoms. The van der Waals surface area contributed by atoms with Crippen LogP contribution in [0.2, 0.25) is 0 Å². The fourth-order valence-corrected chi connectivity index (χ4v) is 1.85. The SMILES string of the molecule is CCC(O)C1CC(=O)N(C(C)C)C1. The third-order valence-electron chi connectivity index (χ3n) is 2.77. The average Bonchev–Trinajstić information content (AvgIpc) is 2.46. The van der Waals surface area contributed by atoms with E-state index in [1.54, 1.807) is 0 Å². The van der Waals surface area contributed by atoms with E-state index in [0.29, 0.717) is 6.42 Å². The van der Waals surface area contributed by atoms with E-state index in [-0.39, 0.29) is 24.0 Å². The van der Waals surface area contributed by atoms with Gasteiger partial charge in [-0.25, -0.2) is 0 Å². The van der Waals surface area contributed by atoms with Crippen LogP contribution in [0.3, 0.4) is 0 Å². The third-order valence-corrected chi connectivity index (χ3v) is 2.77. The van der Waals surface area contributed by atoms with Crippen LogP contribution in [0.5, 0.6) is 0 Å². The molecule has 0 saturated carbocycles. The van der Waals surface area contributed by atoms with E-state index < -0.39 is 0 Å². The molecule has 13 heavy (non-hydrogen) atoms. The molecule has 1 aliphatic rings. The average molecular weight is 185 g/mol. The first-order valence-electron chi connectivity index (χ1n) is 5.03. The number of carbonyl (C=O) groups excluding carboxylic acids is 1. The summed E-state index contributed by atoms with van der Waals surface area (Å²) in [4.78, 5) is 13.3. The van der Waals surface area contributed by atoms with E-state index in [4.69, 9.17) is 0 Å². The lowest BCUT2D eigenvalue weighted by molar-refractivity contribution is -0.129. The number of aliphatic hydroxyl groups excluding tert-OH is 1. The van der Waals surface area contributed by atoms with Crippen LogP contribution < -0.4 is 0 Å². The fraction of sp³-hybridized carbons (Fsp3) is 0.900. The standard InChI is InChI=1S/C10H19NO2/c1-4-9(12)8-5-10(13)11(6-8)7(2)3/h7-9,12H,4-6H2,1-3H3. The smallest absolute Gasteiger partial charge is 0.223 e. The van der Waals surface area contributed by atoms with Crippen LogP contribution >= 0.6 is 0 Å². The summed E-state index contributed by atoms with van der Waals surface area (Å²) in [5, 5.41) is 9.60. The maximum atomic E-state index is 11.5. The van der Waals surface area contributed by atoms with Crippen molar-refractivity contribution < 1.29 is 9.90 Å². The van der Waals surface area contributed by atoms with Gasteiger partial charge in [-0.3, -0.25) is 4.79 Å². The van der Waals surface area contributed by atoms with Gasteiger partial charge in [-0.2, -0.15) is 0 Å². The molecule has 1 fully saturated rings. The maximum Gasteiger partial charge on any atom is 0.223 e. The second-order valence-electron chi connectivity index (χ2n) is 4.08. The van der Waals surface area contributed by atoms with Crippen molar-refractivity contribution >= 4 is 5.91 Å². The summed E-state index contributed by atoms with van der Waals surface area (Å²) in [5.74, 6) is 0.340. The Bertz CT molecular complexity index is 191. The molecule has 76 valence electrons. The molecule has 0 aromatic carbocycles. The van der Waals surface area contributed by atoms with Crippen molar-refractivity contribution in [2.75, 3.05) is 6.54 Å². The molecule has 3 heteroatoms. The topological polar surface area (TPSA) is 40.5 Å². The van der Waals surface area contributed by atoms with Gasteiger partial charge in [0.2, 0.25) is 5.91 Å². The van der Waals surface area contributed by atoms with Crippen molar-refractivity contribution in [2.45, 2.75) is 45.8 Å². The zero-order valence-corrected chi connectivity index (χ0v) is 8.66. The molecule has 0 spiro atoms. The van der Waals surface area contributed by atoms with Gasteiger partial charge in [0.15, 0.2) is 0 Å². The number of likely N-dealkylation sites (tertiary alicyclic amines) is 1. The van der Waals surface area contributed by atoms with Crippen LogP contribution in [0.4, 0.5) is 0 Å². The van der Waals surface area contributed by atoms with Gasteiger partial charge < -0.3 is 10.0 Å². The Morgan fingerprint density at radius 2 is 2.23 bits per heavy atom. The fourth-order valence-electron chi connectivity index (χ4n) is 1.85. The van der Waals surface area contributed by atoms with Crippen molar-refractivity contribution in [1.29, 1.82) is 0 Å². The number of amides is 1. The highest BCUT2D eigenvalue weighted by Crippen LogP contribution is 2.24. The molecule has 0 aromatic rings. The van der Waals surface area contributed by atoms with Crippen LogP contribution in [0.15, 0.2) is 0 Å². The summed E-state index contributed by atoms with van der Waals surface area (Å²) in [6.07, 6.45) is 0.949. The first-order valence-corrected chi connectivity index (χ1v) is 5.03. The lowest BCUT2D eigenvalue weighted by Crippen LogP contribution is -2.33. The minimum atomic E-state index is -0.312. The van der Waals surface area contributed by atoms with Crippen molar-refractivity contribution in [3.05, 3.63) is 0 Å². The third kappa shape index (κ3) is 2.21. The lowest BCUT2D eigenvalue weighted by atomic mass is 10.00. The number of carbonyl (C=O) groups is 1. The van der Waals surface area contributed by atoms with Gasteiger partial charge in [0, 0.05) is 24.9 Å². The molecular weight excluding hydrogens is 166 g/mol. The van der Waals surface area contributed by atoms with E-state index in [1.165, 1.54) is 0 Å². The number of hydrogen-bond donors (Lipinski definition) is 1. The Morgan fingerprint density at radius 1 is 1.62 bits per heavy atom. The van der Waals surface area contributed by atoms with Crippen LogP contribution in [-0.4, -0.2) is 34.6 Å². The molecule has 0 aromatic heterocycles. The van der Waals surface area contributed by atoms with Crippen LogP contribution in [-0.2, 0) is 4.79 Å². The largest absolute Gasteiger partial charge is 0.393 e. The van der Waals surface area contributed by atoms with Gasteiger partial charge in [0.1, 0.15) is 0 Å². The second-order valence-corrected chi connectivity index (χ2v) is 4.08. The summed E-state index contributed by atoms with van der Waals surface area (Å²) in [7, 11) is 0. The van der Waals surface area contributed by atoms with Gasteiger partial charge in [0.05, 0.1) is 6.10 Å². The molecular formula is C10H19NO2. The van der Waals surface area contributed by atoms with Gasteiger partial charge in [-0.15, -0.1) is 0 Å². The second kappa shape index (κ2) is 4.09. The van der Waals surface area contributed by atoms with Crippen LogP contribution in [0, 0.1) is 5.92 Å². The Balaban J connectivity index is 2.55. The van der Waals surface area contributed by atoms with Crippen molar-refractivity contribution in [3.8, 4) is 0 Å². The van der Waals surface area contributed by atoms with E-state index in [9.17, 15) is 9.90 Å². The zero-order chi connectivity index (χ0) is 10.0. The summed E-state index contributed by atoms with van der Waals surface area (Å²) in [6, 6.07) is 0.265. The minimum Gasteiger partial charge on any atom is -0.393 e. The Morgan fingerprint density at radius 3 is 2.62 bits per heavy atom. The normalized spacial score (nSPS) is 25.8. The summed E-state index contributed by atoms with van der Waals surface area (Å²) < 4.78 is 0. The molecule has 0 aliphatic carbocycles. The highest BCUT2D eigenvalue weighted by Gasteiger charge is 2.34. The monoisotopic (exact) mass is 185 g/mol. The van der Waals surface area contributed by atoms with Crippen LogP contribution in [0.1, 0.15) is 33.6 Å². The molecule has 2 unspecified atom stereocenters. The molecule has 1 N–H and O–H groups in total. The highest BCUT2D eigenvalue weighted by atomic mass is 16.3. The highest BCUT2D eigenvalue weighted by molar-refractivity contribution is 5.79. The predicted molar refractivity (Wildman–Crippen MR) is 51.3 cm³/mol. The quantitative estimate of drug-likeness (QED) is 0.713. The molecule has 0 radical (unpaired) electrons. The van der Waals surface area contributed by atoms with Gasteiger partial charge in [0.25, 0.3) is 0 Å². The summed E-state index contributed by atoms with van der Waals surface area (Å²) in [6.45, 7) is 6.70. The Kier molecular flexibility index (Phi) is 3.31. The predicted octanol–water partition coefficient (Wildman–Crippen LogP) is 1.01.